The van der Waals surface area contributed by atoms with Crippen molar-refractivity contribution in [3.05, 3.63) is 0 Å². The first-order valence-corrected chi connectivity index (χ1v) is 41.4. The van der Waals surface area contributed by atoms with Gasteiger partial charge in [0.15, 0.2) is 12.2 Å². The summed E-state index contributed by atoms with van der Waals surface area (Å²) in [7, 11) is 7.78. The fraction of sp³-hybridized carbons (Fsp3) is 0.887. The van der Waals surface area contributed by atoms with E-state index in [9.17, 15) is 43.2 Å². The van der Waals surface area contributed by atoms with Crippen LogP contribution in [-0.2, 0) is 57.0 Å². The second-order valence-corrected chi connectivity index (χ2v) is 33.3. The average Bonchev–Trinajstić information content (AvgIpc) is 1.02. The number of rotatable bonds is 64. The summed E-state index contributed by atoms with van der Waals surface area (Å²) in [5.41, 5.74) is -1.90. The van der Waals surface area contributed by atoms with Gasteiger partial charge in [-0.1, -0.05) is 118 Å². The number of unbranched alkanes of at least 4 members (excludes halogenated alkanes) is 14. The van der Waals surface area contributed by atoms with Gasteiger partial charge in [-0.3, -0.25) is 9.59 Å². The number of carbonyl (C=O) groups is 9. The van der Waals surface area contributed by atoms with Crippen molar-refractivity contribution in [1.82, 2.24) is 62.1 Å². The highest BCUT2D eigenvalue weighted by molar-refractivity contribution is 5.76. The lowest BCUT2D eigenvalue weighted by atomic mass is 9.92. The van der Waals surface area contributed by atoms with Crippen molar-refractivity contribution in [2.45, 2.75) is 286 Å². The van der Waals surface area contributed by atoms with Crippen LogP contribution in [0.5, 0.6) is 0 Å². The number of hydrogen-bond donors (Lipinski definition) is 8. The van der Waals surface area contributed by atoms with Crippen LogP contribution in [0.2, 0.25) is 0 Å². The largest absolute Gasteiger partial charge is 0.457 e. The van der Waals surface area contributed by atoms with E-state index in [1.54, 1.807) is 62.3 Å². The van der Waals surface area contributed by atoms with E-state index < -0.39 is 97.0 Å². The topological polar surface area (TPSA) is 355 Å². The average molecular weight is 1590 g/mol. The van der Waals surface area contributed by atoms with E-state index in [1.165, 1.54) is 64.2 Å². The maximum absolute atomic E-state index is 13.7. The smallest absolute Gasteiger partial charge is 0.407 e. The van der Waals surface area contributed by atoms with Crippen LogP contribution in [0.15, 0.2) is 0 Å². The molecule has 0 saturated heterocycles. The molecule has 0 bridgehead atoms. The Balaban J connectivity index is 6.36. The van der Waals surface area contributed by atoms with E-state index in [4.69, 9.17) is 47.4 Å². The van der Waals surface area contributed by atoms with Gasteiger partial charge in [0.2, 0.25) is 5.91 Å². The number of nitrogens with one attached hydrogen (secondary N) is 8. The highest BCUT2D eigenvalue weighted by Gasteiger charge is 2.25. The quantitative estimate of drug-likeness (QED) is 0.0159. The fourth-order valence-corrected chi connectivity index (χ4v) is 11.0. The van der Waals surface area contributed by atoms with E-state index in [1.807, 2.05) is 49.0 Å². The Bertz CT molecular complexity index is 2320. The maximum Gasteiger partial charge on any atom is 0.407 e. The summed E-state index contributed by atoms with van der Waals surface area (Å²) in [5.74, 6) is -0.464. The highest BCUT2D eigenvalue weighted by atomic mass is 16.6. The zero-order valence-electron chi connectivity index (χ0n) is 72.0. The molecule has 0 rings (SSSR count). The van der Waals surface area contributed by atoms with Crippen LogP contribution in [0, 0.1) is 5.41 Å². The first-order chi connectivity index (χ1) is 52.4. The summed E-state index contributed by atoms with van der Waals surface area (Å²) in [6.45, 7) is 30.9. The molecule has 0 aromatic carbocycles. The Labute approximate surface area is 668 Å². The van der Waals surface area contributed by atoms with E-state index in [-0.39, 0.29) is 63.8 Å². The third-order valence-electron chi connectivity index (χ3n) is 16.7. The van der Waals surface area contributed by atoms with Crippen molar-refractivity contribution in [1.29, 1.82) is 0 Å². The molecule has 650 valence electrons. The van der Waals surface area contributed by atoms with E-state index in [0.717, 1.165) is 38.6 Å². The molecule has 0 fully saturated rings. The fourth-order valence-electron chi connectivity index (χ4n) is 11.0. The molecule has 3 unspecified atom stereocenters. The van der Waals surface area contributed by atoms with Crippen LogP contribution in [0.4, 0.5) is 33.6 Å². The second kappa shape index (κ2) is 63.9. The number of alkyl carbamates (subject to hydrolysis) is 7. The predicted molar refractivity (Wildman–Crippen MR) is 433 cm³/mol. The minimum Gasteiger partial charge on any atom is -0.457 e. The first-order valence-electron chi connectivity index (χ1n) is 41.4. The molecule has 0 heterocycles. The van der Waals surface area contributed by atoms with Gasteiger partial charge in [0, 0.05) is 65.2 Å². The van der Waals surface area contributed by atoms with Crippen LogP contribution < -0.4 is 42.5 Å². The molecule has 0 spiro atoms. The van der Waals surface area contributed by atoms with Crippen LogP contribution >= 0.6 is 0 Å². The van der Waals surface area contributed by atoms with E-state index >= 15 is 0 Å². The van der Waals surface area contributed by atoms with Gasteiger partial charge in [-0.15, -0.1) is 0 Å². The van der Waals surface area contributed by atoms with Gasteiger partial charge in [0.1, 0.15) is 36.1 Å². The molecular weight excluding hydrogens is 1430 g/mol. The van der Waals surface area contributed by atoms with Gasteiger partial charge >= 0.3 is 48.6 Å². The third kappa shape index (κ3) is 73.5. The molecule has 3 atom stereocenters. The first kappa shape index (κ1) is 105. The molecule has 0 aromatic heterocycles. The van der Waals surface area contributed by atoms with Crippen LogP contribution in [-0.4, -0.2) is 282 Å². The SMILES string of the molecule is CCCCCCCCCCCCCCCCCC(=O)OC(COCC(COC(=O)NCCCN(C)CCCNC(=O)CC(C)(C)C)OC(=O)NCCCN(C)CCCNC(=O)OC(C)(C)C)COCC(COC(=O)NCCCN(C)CCCNC(=O)OC(C)(C)C)OC(=O)NCCCN(C)CCCNC(=O)OC(C)(C)C. The molecule has 0 aliphatic carbocycles. The number of hydrogen-bond acceptors (Lipinski definition) is 23. The second-order valence-electron chi connectivity index (χ2n) is 33.3. The van der Waals surface area contributed by atoms with Gasteiger partial charge in [-0.25, -0.2) is 33.6 Å². The summed E-state index contributed by atoms with van der Waals surface area (Å²) < 4.78 is 56.9. The van der Waals surface area contributed by atoms with E-state index in [0.29, 0.717) is 136 Å². The molecular formula is C80H156N12O19. The third-order valence-corrected chi connectivity index (χ3v) is 16.7. The zero-order chi connectivity index (χ0) is 83.2. The Morgan fingerprint density at radius 2 is 0.532 bits per heavy atom. The standard InChI is InChI=1S/C80H156N12O19/c1-18-19-20-21-22-23-24-25-26-27-28-29-30-31-32-41-69(94)106-65(59-102-61-66(107-72(97)84-45-36-53-91(16)56-39-48-87-75(100)110-79(8,9)10)63-104-70(95)82-43-34-51-89(14)50-33-42-81-68(93)58-77(2,3)4)60-103-62-67(108-73(98)85-46-37-54-92(17)57-40-49-88-76(101)111-80(11,12)13)64-105-71(96)83-44-35-52-90(15)55-38-47-86-74(99)109-78(5,6)7/h65-67H,18-64H2,1-17H3,(H,81,93)(H,82,95)(H,83,96)(H,84,97)(H,85,98)(H,86,99)(H,87,100)(H,88,101). The molecule has 0 aromatic rings. The molecule has 31 nitrogen and oxygen atoms in total. The molecule has 0 aliphatic rings. The van der Waals surface area contributed by atoms with Gasteiger partial charge < -0.3 is 110 Å². The highest BCUT2D eigenvalue weighted by Crippen LogP contribution is 2.19. The molecule has 0 radical (unpaired) electrons. The van der Waals surface area contributed by atoms with Gasteiger partial charge in [-0.2, -0.15) is 0 Å². The number of nitrogens with zero attached hydrogens (tertiary/aromatic N) is 4. The van der Waals surface area contributed by atoms with Gasteiger partial charge in [0.25, 0.3) is 0 Å². The van der Waals surface area contributed by atoms with Crippen LogP contribution in [0.25, 0.3) is 0 Å². The molecule has 0 saturated carbocycles. The van der Waals surface area contributed by atoms with Crippen molar-refractivity contribution >= 4 is 54.5 Å². The lowest BCUT2D eigenvalue weighted by Gasteiger charge is -2.23. The van der Waals surface area contributed by atoms with Crippen molar-refractivity contribution in [3.63, 3.8) is 0 Å². The summed E-state index contributed by atoms with van der Waals surface area (Å²) >= 11 is 0. The Kier molecular flexibility index (Phi) is 60.2. The van der Waals surface area contributed by atoms with Crippen LogP contribution in [0.3, 0.4) is 0 Å². The minimum absolute atomic E-state index is 0.0224. The monoisotopic (exact) mass is 1590 g/mol. The summed E-state index contributed by atoms with van der Waals surface area (Å²) in [6.07, 6.45) is 15.4. The molecule has 8 amide bonds. The summed E-state index contributed by atoms with van der Waals surface area (Å²) in [6, 6.07) is 0. The van der Waals surface area contributed by atoms with Crippen molar-refractivity contribution in [2.75, 3.05) is 173 Å². The zero-order valence-corrected chi connectivity index (χ0v) is 72.0. The van der Waals surface area contributed by atoms with Gasteiger partial charge in [0.05, 0.1) is 26.4 Å². The predicted octanol–water partition coefficient (Wildman–Crippen LogP) is 11.8. The molecule has 8 N–H and O–H groups in total. The lowest BCUT2D eigenvalue weighted by Crippen LogP contribution is -2.39. The van der Waals surface area contributed by atoms with E-state index in [2.05, 4.69) is 69.1 Å². The summed E-state index contributed by atoms with van der Waals surface area (Å²) in [4.78, 5) is 124. The number of carbonyl (C=O) groups excluding carboxylic acids is 9. The van der Waals surface area contributed by atoms with Crippen LogP contribution in [0.1, 0.15) is 251 Å². The Morgan fingerprint density at radius 1 is 0.288 bits per heavy atom. The Hall–Kier alpha value is -6.41. The van der Waals surface area contributed by atoms with Crippen molar-refractivity contribution in [3.8, 4) is 0 Å². The normalized spacial score (nSPS) is 12.7. The van der Waals surface area contributed by atoms with Crippen molar-refractivity contribution < 1.29 is 90.5 Å². The molecule has 111 heavy (non-hydrogen) atoms. The number of ether oxygens (including phenoxy) is 10. The number of amides is 8. The maximum atomic E-state index is 13.7. The lowest BCUT2D eigenvalue weighted by molar-refractivity contribution is -0.158. The van der Waals surface area contributed by atoms with Gasteiger partial charge in [-0.05, 0) is 206 Å². The van der Waals surface area contributed by atoms with Crippen molar-refractivity contribution in [2.24, 2.45) is 5.41 Å². The summed E-state index contributed by atoms with van der Waals surface area (Å²) in [5, 5.41) is 22.3. The molecule has 31 heteroatoms. The minimum atomic E-state index is -1.13. The molecule has 0 aliphatic heterocycles. The number of esters is 1. The Morgan fingerprint density at radius 3 is 0.802 bits per heavy atom.